The number of hydrazone groups is 1. The molecule has 38 heavy (non-hydrogen) atoms. The maximum atomic E-state index is 12.2. The number of anilines is 1. The fourth-order valence-corrected chi connectivity index (χ4v) is 4.83. The fraction of sp³-hybridized carbons (Fsp3) is 0.286. The minimum atomic E-state index is -0.422. The lowest BCUT2D eigenvalue weighted by molar-refractivity contribution is 0.0955. The summed E-state index contributed by atoms with van der Waals surface area (Å²) in [5.74, 6) is 0.358. The van der Waals surface area contributed by atoms with Crippen LogP contribution in [0.3, 0.4) is 0 Å². The van der Waals surface area contributed by atoms with Crippen molar-refractivity contribution in [3.63, 3.8) is 0 Å². The summed E-state index contributed by atoms with van der Waals surface area (Å²) in [5.41, 5.74) is 6.70. The van der Waals surface area contributed by atoms with Crippen molar-refractivity contribution in [2.24, 2.45) is 5.10 Å². The maximum absolute atomic E-state index is 12.2. The van der Waals surface area contributed by atoms with Crippen molar-refractivity contribution in [2.45, 2.75) is 13.8 Å². The second-order valence-corrected chi connectivity index (χ2v) is 10.3. The number of aryl methyl sites for hydroxylation is 2. The van der Waals surface area contributed by atoms with E-state index in [0.717, 1.165) is 60.9 Å². The standard InChI is InChI=1S/C28H29Cl3N4O3.H2/c1-18-13-20(17-32-33-28(37)21-3-6-26(36)25(31)15-21)14-19(2)27(18)38-12-11-34-7-9-35(10-8-34)22-4-5-23(29)24(30)16-22;/h3-6,13-17,36H,7-12H2,1-2H3,(H,33,37);1H/b32-17+;. The Morgan fingerprint density at radius 3 is 2.37 bits per heavy atom. The van der Waals surface area contributed by atoms with Crippen LogP contribution < -0.4 is 15.1 Å². The smallest absolute Gasteiger partial charge is 0.271 e. The number of carbonyl (C=O) groups is 1. The van der Waals surface area contributed by atoms with Crippen LogP contribution in [0.2, 0.25) is 15.1 Å². The van der Waals surface area contributed by atoms with Crippen molar-refractivity contribution in [2.75, 3.05) is 44.2 Å². The highest BCUT2D eigenvalue weighted by molar-refractivity contribution is 6.42. The van der Waals surface area contributed by atoms with Gasteiger partial charge < -0.3 is 14.7 Å². The Labute approximate surface area is 239 Å². The van der Waals surface area contributed by atoms with E-state index in [-0.39, 0.29) is 12.2 Å². The molecule has 202 valence electrons. The molecule has 1 heterocycles. The Morgan fingerprint density at radius 1 is 1.00 bits per heavy atom. The number of piperazine rings is 1. The summed E-state index contributed by atoms with van der Waals surface area (Å²) >= 11 is 18.1. The first-order chi connectivity index (χ1) is 18.2. The van der Waals surface area contributed by atoms with Gasteiger partial charge >= 0.3 is 0 Å². The molecule has 7 nitrogen and oxygen atoms in total. The lowest BCUT2D eigenvalue weighted by Gasteiger charge is -2.36. The molecule has 1 amide bonds. The van der Waals surface area contributed by atoms with Crippen molar-refractivity contribution in [3.8, 4) is 11.5 Å². The summed E-state index contributed by atoms with van der Waals surface area (Å²) in [6.45, 7) is 9.13. The summed E-state index contributed by atoms with van der Waals surface area (Å²) in [6.07, 6.45) is 1.58. The molecule has 0 aliphatic carbocycles. The van der Waals surface area contributed by atoms with Crippen LogP contribution in [0.5, 0.6) is 11.5 Å². The van der Waals surface area contributed by atoms with Gasteiger partial charge in [0.15, 0.2) is 0 Å². The van der Waals surface area contributed by atoms with E-state index in [1.165, 1.54) is 18.2 Å². The molecular formula is C28H31Cl3N4O3. The second-order valence-electron chi connectivity index (χ2n) is 9.12. The van der Waals surface area contributed by atoms with Crippen molar-refractivity contribution in [1.82, 2.24) is 10.3 Å². The van der Waals surface area contributed by atoms with Gasteiger partial charge in [0, 0.05) is 45.4 Å². The van der Waals surface area contributed by atoms with Crippen LogP contribution in [0.15, 0.2) is 53.6 Å². The molecule has 2 N–H and O–H groups in total. The molecule has 0 unspecified atom stereocenters. The van der Waals surface area contributed by atoms with E-state index in [2.05, 4.69) is 20.3 Å². The van der Waals surface area contributed by atoms with E-state index in [0.29, 0.717) is 22.2 Å². The first kappa shape index (κ1) is 28.0. The van der Waals surface area contributed by atoms with Gasteiger partial charge in [-0.05, 0) is 79.1 Å². The number of rotatable bonds is 8. The number of carbonyl (C=O) groups excluding carboxylic acids is 1. The number of phenols is 1. The highest BCUT2D eigenvalue weighted by Gasteiger charge is 2.18. The topological polar surface area (TPSA) is 77.4 Å². The minimum Gasteiger partial charge on any atom is -0.506 e. The summed E-state index contributed by atoms with van der Waals surface area (Å²) in [5, 5.41) is 14.8. The molecule has 0 saturated carbocycles. The van der Waals surface area contributed by atoms with E-state index < -0.39 is 5.91 Å². The molecule has 0 bridgehead atoms. The van der Waals surface area contributed by atoms with Gasteiger partial charge in [-0.3, -0.25) is 9.69 Å². The van der Waals surface area contributed by atoms with E-state index >= 15 is 0 Å². The first-order valence-electron chi connectivity index (χ1n) is 12.2. The van der Waals surface area contributed by atoms with Gasteiger partial charge in [0.1, 0.15) is 18.1 Å². The molecule has 0 aromatic heterocycles. The predicted octanol–water partition coefficient (Wildman–Crippen LogP) is 6.18. The van der Waals surface area contributed by atoms with Gasteiger partial charge in [0.25, 0.3) is 5.91 Å². The molecule has 3 aromatic carbocycles. The van der Waals surface area contributed by atoms with E-state index in [9.17, 15) is 9.90 Å². The molecule has 10 heteroatoms. The molecule has 3 aromatic rings. The predicted molar refractivity (Wildman–Crippen MR) is 157 cm³/mol. The number of hydrogen-bond acceptors (Lipinski definition) is 6. The van der Waals surface area contributed by atoms with Gasteiger partial charge in [-0.25, -0.2) is 5.43 Å². The Kier molecular flexibility index (Phi) is 9.39. The zero-order chi connectivity index (χ0) is 27.2. The Morgan fingerprint density at radius 2 is 1.71 bits per heavy atom. The molecular weight excluding hydrogens is 547 g/mol. The quantitative estimate of drug-likeness (QED) is 0.247. The van der Waals surface area contributed by atoms with Crippen molar-refractivity contribution < 1.29 is 16.1 Å². The first-order valence-corrected chi connectivity index (χ1v) is 13.3. The van der Waals surface area contributed by atoms with E-state index in [4.69, 9.17) is 39.5 Å². The fourth-order valence-electron chi connectivity index (χ4n) is 4.35. The van der Waals surface area contributed by atoms with Gasteiger partial charge in [0.2, 0.25) is 0 Å². The van der Waals surface area contributed by atoms with Crippen LogP contribution in [-0.4, -0.2) is 61.5 Å². The third-order valence-electron chi connectivity index (χ3n) is 6.37. The van der Waals surface area contributed by atoms with E-state index in [1.54, 1.807) is 6.21 Å². The lowest BCUT2D eigenvalue weighted by Crippen LogP contribution is -2.47. The second kappa shape index (κ2) is 12.7. The Balaban J connectivity index is 0.00000420. The monoisotopic (exact) mass is 576 g/mol. The molecule has 1 aliphatic rings. The zero-order valence-electron chi connectivity index (χ0n) is 21.2. The average Bonchev–Trinajstić information content (AvgIpc) is 2.89. The highest BCUT2D eigenvalue weighted by Crippen LogP contribution is 2.28. The summed E-state index contributed by atoms with van der Waals surface area (Å²) in [7, 11) is 0. The van der Waals surface area contributed by atoms with Crippen LogP contribution in [0.4, 0.5) is 5.69 Å². The number of nitrogens with zero attached hydrogens (tertiary/aromatic N) is 3. The van der Waals surface area contributed by atoms with Crippen molar-refractivity contribution in [1.29, 1.82) is 0 Å². The van der Waals surface area contributed by atoms with Gasteiger partial charge in [-0.1, -0.05) is 34.8 Å². The number of aromatic hydroxyl groups is 1. The molecule has 0 atom stereocenters. The molecule has 4 rings (SSSR count). The number of hydrogen-bond donors (Lipinski definition) is 2. The summed E-state index contributed by atoms with van der Waals surface area (Å²) in [4.78, 5) is 17.0. The van der Waals surface area contributed by atoms with E-state index in [1.807, 2.05) is 44.2 Å². The maximum Gasteiger partial charge on any atom is 0.271 e. The summed E-state index contributed by atoms with van der Waals surface area (Å²) in [6, 6.07) is 13.9. The van der Waals surface area contributed by atoms with Crippen molar-refractivity contribution >= 4 is 52.6 Å². The van der Waals surface area contributed by atoms with Crippen LogP contribution in [-0.2, 0) is 0 Å². The number of amides is 1. The minimum absolute atomic E-state index is 0. The highest BCUT2D eigenvalue weighted by atomic mass is 35.5. The molecule has 0 radical (unpaired) electrons. The Hall–Kier alpha value is -2.97. The van der Waals surface area contributed by atoms with Crippen LogP contribution in [0.25, 0.3) is 0 Å². The number of nitrogens with one attached hydrogen (secondary N) is 1. The Bertz CT molecular complexity index is 1320. The third kappa shape index (κ3) is 7.11. The van der Waals surface area contributed by atoms with Gasteiger partial charge in [-0.2, -0.15) is 5.10 Å². The lowest BCUT2D eigenvalue weighted by atomic mass is 10.1. The average molecular weight is 578 g/mol. The third-order valence-corrected chi connectivity index (χ3v) is 7.41. The van der Waals surface area contributed by atoms with Gasteiger partial charge in [-0.15, -0.1) is 0 Å². The van der Waals surface area contributed by atoms with Crippen LogP contribution in [0, 0.1) is 13.8 Å². The molecule has 1 saturated heterocycles. The molecule has 0 spiro atoms. The van der Waals surface area contributed by atoms with Gasteiger partial charge in [0.05, 0.1) is 21.3 Å². The normalized spacial score (nSPS) is 14.2. The van der Waals surface area contributed by atoms with Crippen molar-refractivity contribution in [3.05, 3.63) is 85.9 Å². The molecule has 1 aliphatic heterocycles. The number of benzene rings is 3. The molecule has 1 fully saturated rings. The number of phenolic OH excluding ortho intramolecular Hbond substituents is 1. The largest absolute Gasteiger partial charge is 0.506 e. The zero-order valence-corrected chi connectivity index (χ0v) is 23.4. The SMILES string of the molecule is Cc1cc(/C=N/NC(=O)c2ccc(O)c(Cl)c2)cc(C)c1OCCN1CCN(c2ccc(Cl)c(Cl)c2)CC1.[HH]. The van der Waals surface area contributed by atoms with Crippen LogP contribution >= 0.6 is 34.8 Å². The van der Waals surface area contributed by atoms with Crippen LogP contribution in [0.1, 0.15) is 28.5 Å². The number of ether oxygens (including phenoxy) is 1. The number of halogens is 3. The summed E-state index contributed by atoms with van der Waals surface area (Å²) < 4.78 is 6.15.